The molecule has 0 bridgehead atoms. The number of anilines is 1. The number of aryl methyl sites for hydroxylation is 2. The van der Waals surface area contributed by atoms with Gasteiger partial charge in [0.15, 0.2) is 5.96 Å². The third-order valence-electron chi connectivity index (χ3n) is 4.94. The van der Waals surface area contributed by atoms with Crippen LogP contribution >= 0.6 is 24.0 Å². The molecule has 3 rings (SSSR count). The Kier molecular flexibility index (Phi) is 7.81. The molecule has 1 aliphatic heterocycles. The molecule has 0 radical (unpaired) electrons. The maximum absolute atomic E-state index is 4.49. The Morgan fingerprint density at radius 1 is 1.15 bits per heavy atom. The van der Waals surface area contributed by atoms with Crippen LogP contribution in [0.1, 0.15) is 17.0 Å². The molecular weight excluding hydrogens is 455 g/mol. The number of hydrogen-bond donors (Lipinski definition) is 1. The van der Waals surface area contributed by atoms with Crippen molar-refractivity contribution in [3.63, 3.8) is 0 Å². The van der Waals surface area contributed by atoms with Gasteiger partial charge in [-0.3, -0.25) is 9.67 Å². The Hall–Kier alpha value is -1.91. The molecule has 9 heteroatoms. The van der Waals surface area contributed by atoms with E-state index in [2.05, 4.69) is 49.0 Å². The summed E-state index contributed by atoms with van der Waals surface area (Å²) in [7, 11) is 3.84. The van der Waals surface area contributed by atoms with Gasteiger partial charge in [-0.2, -0.15) is 5.10 Å². The first-order chi connectivity index (χ1) is 12.6. The van der Waals surface area contributed by atoms with Crippen LogP contribution in [0.2, 0.25) is 0 Å². The van der Waals surface area contributed by atoms with Gasteiger partial charge in [0, 0.05) is 64.9 Å². The summed E-state index contributed by atoms with van der Waals surface area (Å²) in [6.45, 7) is 8.64. The van der Waals surface area contributed by atoms with Gasteiger partial charge in [-0.1, -0.05) is 0 Å². The molecule has 8 nitrogen and oxygen atoms in total. The van der Waals surface area contributed by atoms with Crippen LogP contribution in [-0.4, -0.2) is 70.4 Å². The summed E-state index contributed by atoms with van der Waals surface area (Å²) in [5.74, 6) is 1.76. The average molecular weight is 484 g/mol. The Balaban J connectivity index is 0.00000261. The third kappa shape index (κ3) is 5.08. The summed E-state index contributed by atoms with van der Waals surface area (Å²) in [6, 6.07) is 1.84. The molecule has 2 aromatic heterocycles. The molecule has 1 saturated heterocycles. The SMILES string of the molecule is CN=C(NCCc1c(C)nn(C)c1C)N1CCN(c2ncccn2)CC1.I. The number of guanidine groups is 1. The summed E-state index contributed by atoms with van der Waals surface area (Å²) in [5, 5.41) is 7.98. The van der Waals surface area contributed by atoms with Gasteiger partial charge in [-0.25, -0.2) is 9.97 Å². The zero-order valence-corrected chi connectivity index (χ0v) is 18.8. The van der Waals surface area contributed by atoms with Gasteiger partial charge >= 0.3 is 0 Å². The average Bonchev–Trinajstić information content (AvgIpc) is 2.92. The van der Waals surface area contributed by atoms with E-state index in [1.165, 1.54) is 11.3 Å². The highest BCUT2D eigenvalue weighted by atomic mass is 127. The lowest BCUT2D eigenvalue weighted by atomic mass is 10.1. The zero-order chi connectivity index (χ0) is 18.5. The van der Waals surface area contributed by atoms with E-state index in [1.54, 1.807) is 12.4 Å². The van der Waals surface area contributed by atoms with Crippen LogP contribution in [0.25, 0.3) is 0 Å². The summed E-state index contributed by atoms with van der Waals surface area (Å²) in [5.41, 5.74) is 3.66. The van der Waals surface area contributed by atoms with Crippen molar-refractivity contribution in [1.82, 2.24) is 30.0 Å². The number of aliphatic imine (C=N–C) groups is 1. The molecule has 0 atom stereocenters. The molecule has 3 heterocycles. The highest BCUT2D eigenvalue weighted by Gasteiger charge is 2.21. The third-order valence-corrected chi connectivity index (χ3v) is 4.94. The zero-order valence-electron chi connectivity index (χ0n) is 16.5. The highest BCUT2D eigenvalue weighted by molar-refractivity contribution is 14.0. The predicted octanol–water partition coefficient (Wildman–Crippen LogP) is 1.39. The second-order valence-corrected chi connectivity index (χ2v) is 6.52. The molecule has 1 fully saturated rings. The molecule has 27 heavy (non-hydrogen) atoms. The Morgan fingerprint density at radius 2 is 1.81 bits per heavy atom. The number of hydrogen-bond acceptors (Lipinski definition) is 5. The summed E-state index contributed by atoms with van der Waals surface area (Å²) in [4.78, 5) is 17.6. The molecule has 1 N–H and O–H groups in total. The molecule has 0 aliphatic carbocycles. The fourth-order valence-electron chi connectivity index (χ4n) is 3.38. The smallest absolute Gasteiger partial charge is 0.225 e. The first-order valence-electron chi connectivity index (χ1n) is 9.06. The Bertz CT molecular complexity index is 750. The van der Waals surface area contributed by atoms with Gasteiger partial charge < -0.3 is 15.1 Å². The number of halogens is 1. The van der Waals surface area contributed by atoms with E-state index in [9.17, 15) is 0 Å². The van der Waals surface area contributed by atoms with Gasteiger partial charge in [0.1, 0.15) is 0 Å². The van der Waals surface area contributed by atoms with Crippen molar-refractivity contribution in [3.8, 4) is 0 Å². The van der Waals surface area contributed by atoms with Crippen molar-refractivity contribution in [2.24, 2.45) is 12.0 Å². The monoisotopic (exact) mass is 484 g/mol. The number of rotatable bonds is 4. The van der Waals surface area contributed by atoms with Crippen molar-refractivity contribution < 1.29 is 0 Å². The van der Waals surface area contributed by atoms with E-state index in [-0.39, 0.29) is 24.0 Å². The van der Waals surface area contributed by atoms with Crippen molar-refractivity contribution in [1.29, 1.82) is 0 Å². The fraction of sp³-hybridized carbons (Fsp3) is 0.556. The van der Waals surface area contributed by atoms with Crippen molar-refractivity contribution >= 4 is 35.9 Å². The van der Waals surface area contributed by atoms with Crippen molar-refractivity contribution in [3.05, 3.63) is 35.4 Å². The maximum atomic E-state index is 4.49. The molecule has 0 aromatic carbocycles. The van der Waals surface area contributed by atoms with Gasteiger partial charge in [0.05, 0.1) is 5.69 Å². The highest BCUT2D eigenvalue weighted by Crippen LogP contribution is 2.12. The standard InChI is InChI=1S/C18H28N8.HI/c1-14-16(15(2)24(4)23-14)6-9-22-17(19-3)25-10-12-26(13-11-25)18-20-7-5-8-21-18;/h5,7-8H,6,9-13H2,1-4H3,(H,19,22);1H. The minimum absolute atomic E-state index is 0. The molecule has 1 aliphatic rings. The van der Waals surface area contributed by atoms with Gasteiger partial charge in [-0.15, -0.1) is 24.0 Å². The summed E-state index contributed by atoms with van der Waals surface area (Å²) < 4.78 is 1.95. The van der Waals surface area contributed by atoms with Crippen LogP contribution in [0.15, 0.2) is 23.5 Å². The quantitative estimate of drug-likeness (QED) is 0.402. The molecule has 0 unspecified atom stereocenters. The second-order valence-electron chi connectivity index (χ2n) is 6.52. The molecule has 0 saturated carbocycles. The van der Waals surface area contributed by atoms with Gasteiger partial charge in [0.2, 0.25) is 5.95 Å². The molecule has 148 valence electrons. The molecule has 0 amide bonds. The maximum Gasteiger partial charge on any atom is 0.225 e. The van der Waals surface area contributed by atoms with Crippen LogP contribution in [0, 0.1) is 13.8 Å². The second kappa shape index (κ2) is 9.86. The largest absolute Gasteiger partial charge is 0.356 e. The first kappa shape index (κ1) is 21.4. The van der Waals surface area contributed by atoms with Crippen molar-refractivity contribution in [2.45, 2.75) is 20.3 Å². The first-order valence-corrected chi connectivity index (χ1v) is 9.06. The molecule has 2 aromatic rings. The minimum atomic E-state index is 0. The summed E-state index contributed by atoms with van der Waals surface area (Å²) >= 11 is 0. The van der Waals surface area contributed by atoms with E-state index in [1.807, 2.05) is 24.8 Å². The molecule has 0 spiro atoms. The Morgan fingerprint density at radius 3 is 2.37 bits per heavy atom. The van der Waals surface area contributed by atoms with Crippen LogP contribution in [0.3, 0.4) is 0 Å². The lowest BCUT2D eigenvalue weighted by Crippen LogP contribution is -2.53. The topological polar surface area (TPSA) is 74.5 Å². The Labute approximate surface area is 178 Å². The van der Waals surface area contributed by atoms with Crippen LogP contribution < -0.4 is 10.2 Å². The van der Waals surface area contributed by atoms with Crippen molar-refractivity contribution in [2.75, 3.05) is 44.7 Å². The summed E-state index contributed by atoms with van der Waals surface area (Å²) in [6.07, 6.45) is 4.53. The number of aromatic nitrogens is 4. The van der Waals surface area contributed by atoms with E-state index in [0.29, 0.717) is 0 Å². The number of piperazine rings is 1. The minimum Gasteiger partial charge on any atom is -0.356 e. The van der Waals surface area contributed by atoms with Gasteiger partial charge in [0.25, 0.3) is 0 Å². The number of nitrogens with one attached hydrogen (secondary N) is 1. The van der Waals surface area contributed by atoms with E-state index < -0.39 is 0 Å². The lowest BCUT2D eigenvalue weighted by molar-refractivity contribution is 0.370. The number of nitrogens with zero attached hydrogens (tertiary/aromatic N) is 7. The van der Waals surface area contributed by atoms with Crippen LogP contribution in [-0.2, 0) is 13.5 Å². The van der Waals surface area contributed by atoms with E-state index in [0.717, 1.165) is 56.7 Å². The van der Waals surface area contributed by atoms with E-state index >= 15 is 0 Å². The van der Waals surface area contributed by atoms with E-state index in [4.69, 9.17) is 0 Å². The normalized spacial score (nSPS) is 14.9. The van der Waals surface area contributed by atoms with Crippen LogP contribution in [0.4, 0.5) is 5.95 Å². The predicted molar refractivity (Wildman–Crippen MR) is 119 cm³/mol. The van der Waals surface area contributed by atoms with Crippen LogP contribution in [0.5, 0.6) is 0 Å². The molecular formula is C18H29IN8. The fourth-order valence-corrected chi connectivity index (χ4v) is 3.38. The lowest BCUT2D eigenvalue weighted by Gasteiger charge is -2.36. The van der Waals surface area contributed by atoms with Gasteiger partial charge in [-0.05, 0) is 31.9 Å².